The van der Waals surface area contributed by atoms with E-state index in [0.29, 0.717) is 37.5 Å². The Morgan fingerprint density at radius 3 is 2.71 bits per heavy atom. The topological polar surface area (TPSA) is 105 Å². The van der Waals surface area contributed by atoms with Crippen molar-refractivity contribution in [1.29, 1.82) is 0 Å². The van der Waals surface area contributed by atoms with Crippen molar-refractivity contribution in [2.24, 2.45) is 17.8 Å². The molecule has 0 radical (unpaired) electrons. The molecule has 3 rings (SSSR count). The molecule has 8 heteroatoms. The van der Waals surface area contributed by atoms with Crippen LogP contribution in [-0.4, -0.2) is 56.3 Å². The number of carboxylic acids is 1. The van der Waals surface area contributed by atoms with E-state index in [0.717, 1.165) is 0 Å². The van der Waals surface area contributed by atoms with Gasteiger partial charge >= 0.3 is 5.97 Å². The molecular weight excluding hydrogens is 364 g/mol. The molecule has 2 saturated heterocycles. The van der Waals surface area contributed by atoms with Crippen LogP contribution in [0.5, 0.6) is 5.75 Å². The number of aliphatic carboxylic acids is 1. The number of nitrogens with one attached hydrogen (secondary N) is 1. The molecule has 2 heterocycles. The zero-order valence-electron chi connectivity index (χ0n) is 15.9. The second kappa shape index (κ2) is 9.05. The summed E-state index contributed by atoms with van der Waals surface area (Å²) in [5.41, 5.74) is 0.635. The predicted octanol–water partition coefficient (Wildman–Crippen LogP) is 1.29. The molecule has 152 valence electrons. The third-order valence-electron chi connectivity index (χ3n) is 5.52. The SMILES string of the molecule is COc1ccccc1N1CC(C(=O)NCC(C(=O)O)C2CCOCC2)CC1=O. The molecule has 0 aliphatic carbocycles. The van der Waals surface area contributed by atoms with Gasteiger partial charge < -0.3 is 24.8 Å². The first kappa shape index (κ1) is 20.1. The number of para-hydroxylation sites is 2. The molecule has 0 spiro atoms. The van der Waals surface area contributed by atoms with E-state index in [1.54, 1.807) is 17.0 Å². The van der Waals surface area contributed by atoms with Crippen LogP contribution in [0.25, 0.3) is 0 Å². The normalized spacial score (nSPS) is 21.4. The van der Waals surface area contributed by atoms with Gasteiger partial charge in [-0.25, -0.2) is 0 Å². The Morgan fingerprint density at radius 2 is 2.04 bits per heavy atom. The minimum atomic E-state index is -0.912. The van der Waals surface area contributed by atoms with Crippen LogP contribution in [-0.2, 0) is 19.1 Å². The maximum Gasteiger partial charge on any atom is 0.308 e. The van der Waals surface area contributed by atoms with Gasteiger partial charge in [0.05, 0.1) is 24.6 Å². The van der Waals surface area contributed by atoms with Gasteiger partial charge in [0.2, 0.25) is 11.8 Å². The number of hydrogen-bond acceptors (Lipinski definition) is 5. The van der Waals surface area contributed by atoms with E-state index in [9.17, 15) is 19.5 Å². The zero-order valence-corrected chi connectivity index (χ0v) is 15.9. The van der Waals surface area contributed by atoms with Crippen molar-refractivity contribution in [2.75, 3.05) is 38.3 Å². The highest BCUT2D eigenvalue weighted by Crippen LogP contribution is 2.33. The van der Waals surface area contributed by atoms with Crippen molar-refractivity contribution in [3.63, 3.8) is 0 Å². The van der Waals surface area contributed by atoms with E-state index < -0.39 is 17.8 Å². The largest absolute Gasteiger partial charge is 0.495 e. The fourth-order valence-electron chi connectivity index (χ4n) is 3.90. The Balaban J connectivity index is 1.60. The van der Waals surface area contributed by atoms with E-state index in [-0.39, 0.29) is 37.2 Å². The Morgan fingerprint density at radius 1 is 1.32 bits per heavy atom. The van der Waals surface area contributed by atoms with Gasteiger partial charge in [-0.3, -0.25) is 14.4 Å². The molecule has 8 nitrogen and oxygen atoms in total. The minimum absolute atomic E-state index is 0.0122. The second-order valence-electron chi connectivity index (χ2n) is 7.22. The average molecular weight is 390 g/mol. The van der Waals surface area contributed by atoms with Gasteiger partial charge in [-0.1, -0.05) is 12.1 Å². The fraction of sp³-hybridized carbons (Fsp3) is 0.550. The van der Waals surface area contributed by atoms with Crippen molar-refractivity contribution >= 4 is 23.5 Å². The molecular formula is C20H26N2O6. The number of benzene rings is 1. The summed E-state index contributed by atoms with van der Waals surface area (Å²) >= 11 is 0. The summed E-state index contributed by atoms with van der Waals surface area (Å²) in [7, 11) is 1.53. The summed E-state index contributed by atoms with van der Waals surface area (Å²) in [4.78, 5) is 38.2. The van der Waals surface area contributed by atoms with Gasteiger partial charge in [-0.2, -0.15) is 0 Å². The first-order chi connectivity index (χ1) is 13.5. The van der Waals surface area contributed by atoms with Crippen molar-refractivity contribution in [1.82, 2.24) is 5.32 Å². The number of ether oxygens (including phenoxy) is 2. The van der Waals surface area contributed by atoms with Crippen LogP contribution < -0.4 is 15.0 Å². The first-order valence-electron chi connectivity index (χ1n) is 9.53. The maximum atomic E-state index is 12.6. The van der Waals surface area contributed by atoms with Gasteiger partial charge in [0, 0.05) is 32.7 Å². The number of methoxy groups -OCH3 is 1. The van der Waals surface area contributed by atoms with Crippen molar-refractivity contribution < 1.29 is 29.0 Å². The molecule has 2 atom stereocenters. The Kier molecular flexibility index (Phi) is 6.51. The lowest BCUT2D eigenvalue weighted by Crippen LogP contribution is -2.41. The summed E-state index contributed by atoms with van der Waals surface area (Å²) in [6, 6.07) is 7.17. The Hall–Kier alpha value is -2.61. The molecule has 2 fully saturated rings. The van der Waals surface area contributed by atoms with Gasteiger partial charge in [0.1, 0.15) is 5.75 Å². The highest BCUT2D eigenvalue weighted by atomic mass is 16.5. The quantitative estimate of drug-likeness (QED) is 0.727. The van der Waals surface area contributed by atoms with Crippen LogP contribution in [0.1, 0.15) is 19.3 Å². The third-order valence-corrected chi connectivity index (χ3v) is 5.52. The molecule has 2 aliphatic rings. The van der Waals surface area contributed by atoms with Crippen molar-refractivity contribution in [3.8, 4) is 5.75 Å². The van der Waals surface area contributed by atoms with Crippen LogP contribution in [0, 0.1) is 17.8 Å². The Labute approximate surface area is 163 Å². The Bertz CT molecular complexity index is 731. The number of carboxylic acid groups (broad SMARTS) is 1. The second-order valence-corrected chi connectivity index (χ2v) is 7.22. The lowest BCUT2D eigenvalue weighted by atomic mass is 9.86. The molecule has 1 aromatic rings. The molecule has 2 N–H and O–H groups in total. The zero-order chi connectivity index (χ0) is 20.1. The lowest BCUT2D eigenvalue weighted by molar-refractivity contribution is -0.145. The number of rotatable bonds is 7. The molecule has 1 aromatic carbocycles. The van der Waals surface area contributed by atoms with Crippen molar-refractivity contribution in [2.45, 2.75) is 19.3 Å². The van der Waals surface area contributed by atoms with Crippen LogP contribution in [0.3, 0.4) is 0 Å². The van der Waals surface area contributed by atoms with E-state index in [4.69, 9.17) is 9.47 Å². The molecule has 0 aromatic heterocycles. The van der Waals surface area contributed by atoms with Crippen molar-refractivity contribution in [3.05, 3.63) is 24.3 Å². The number of anilines is 1. The molecule has 28 heavy (non-hydrogen) atoms. The van der Waals surface area contributed by atoms with Gasteiger partial charge in [0.25, 0.3) is 0 Å². The third kappa shape index (κ3) is 4.44. The summed E-state index contributed by atoms with van der Waals surface area (Å²) < 4.78 is 10.6. The van der Waals surface area contributed by atoms with Crippen LogP contribution >= 0.6 is 0 Å². The number of carbonyl (C=O) groups excluding carboxylic acids is 2. The fourth-order valence-corrected chi connectivity index (χ4v) is 3.90. The van der Waals surface area contributed by atoms with Crippen LogP contribution in [0.4, 0.5) is 5.69 Å². The molecule has 2 amide bonds. The first-order valence-corrected chi connectivity index (χ1v) is 9.53. The summed E-state index contributed by atoms with van der Waals surface area (Å²) in [5.74, 6) is -1.95. The van der Waals surface area contributed by atoms with Gasteiger partial charge in [-0.05, 0) is 30.9 Å². The number of hydrogen-bond donors (Lipinski definition) is 2. The van der Waals surface area contributed by atoms with E-state index in [1.807, 2.05) is 12.1 Å². The highest BCUT2D eigenvalue weighted by Gasteiger charge is 2.37. The highest BCUT2D eigenvalue weighted by molar-refractivity contribution is 6.01. The van der Waals surface area contributed by atoms with E-state index in [1.165, 1.54) is 7.11 Å². The number of carbonyl (C=O) groups is 3. The number of amides is 2. The maximum absolute atomic E-state index is 12.6. The van der Waals surface area contributed by atoms with Gasteiger partial charge in [-0.15, -0.1) is 0 Å². The summed E-state index contributed by atoms with van der Waals surface area (Å²) in [6.07, 6.45) is 1.45. The van der Waals surface area contributed by atoms with Crippen LogP contribution in [0.2, 0.25) is 0 Å². The van der Waals surface area contributed by atoms with E-state index >= 15 is 0 Å². The predicted molar refractivity (Wildman–Crippen MR) is 101 cm³/mol. The lowest BCUT2D eigenvalue weighted by Gasteiger charge is -2.28. The average Bonchev–Trinajstić information content (AvgIpc) is 3.10. The monoisotopic (exact) mass is 390 g/mol. The molecule has 2 aliphatic heterocycles. The smallest absolute Gasteiger partial charge is 0.308 e. The van der Waals surface area contributed by atoms with Crippen LogP contribution in [0.15, 0.2) is 24.3 Å². The molecule has 0 bridgehead atoms. The minimum Gasteiger partial charge on any atom is -0.495 e. The summed E-state index contributed by atoms with van der Waals surface area (Å²) in [6.45, 7) is 1.42. The number of nitrogens with zero attached hydrogens (tertiary/aromatic N) is 1. The summed E-state index contributed by atoms with van der Waals surface area (Å²) in [5, 5.41) is 12.3. The standard InChI is InChI=1S/C20H26N2O6/c1-27-17-5-3-2-4-16(17)22-12-14(10-18(22)23)19(24)21-11-15(20(25)26)13-6-8-28-9-7-13/h2-5,13-15H,6-12H2,1H3,(H,21,24)(H,25,26). The van der Waals surface area contributed by atoms with Gasteiger partial charge in [0.15, 0.2) is 0 Å². The van der Waals surface area contributed by atoms with E-state index in [2.05, 4.69) is 5.32 Å². The molecule has 0 saturated carbocycles. The molecule has 2 unspecified atom stereocenters.